The van der Waals surface area contributed by atoms with E-state index in [4.69, 9.17) is 10.00 Å². The summed E-state index contributed by atoms with van der Waals surface area (Å²) in [4.78, 5) is 24.6. The number of nitriles is 1. The Kier molecular flexibility index (Phi) is 8.53. The van der Waals surface area contributed by atoms with Gasteiger partial charge in [0.1, 0.15) is 0 Å². The summed E-state index contributed by atoms with van der Waals surface area (Å²) < 4.78 is 31.6. The number of nitrogens with zero attached hydrogens (tertiary/aromatic N) is 1. The van der Waals surface area contributed by atoms with Crippen molar-refractivity contribution in [2.75, 3.05) is 13.2 Å². The van der Waals surface area contributed by atoms with Gasteiger partial charge in [-0.05, 0) is 36.8 Å². The highest BCUT2D eigenvalue weighted by molar-refractivity contribution is 7.89. The van der Waals surface area contributed by atoms with Gasteiger partial charge in [0.15, 0.2) is 0 Å². The number of benzene rings is 2. The minimum atomic E-state index is -3.76. The van der Waals surface area contributed by atoms with E-state index >= 15 is 0 Å². The van der Waals surface area contributed by atoms with Gasteiger partial charge in [-0.15, -0.1) is 0 Å². The molecule has 0 aromatic heterocycles. The van der Waals surface area contributed by atoms with Crippen molar-refractivity contribution in [2.24, 2.45) is 0 Å². The van der Waals surface area contributed by atoms with Crippen LogP contribution in [0.2, 0.25) is 0 Å². The molecule has 158 valence electrons. The molecule has 0 aliphatic carbocycles. The first-order valence-electron chi connectivity index (χ1n) is 9.35. The van der Waals surface area contributed by atoms with Crippen LogP contribution in [0.5, 0.6) is 0 Å². The van der Waals surface area contributed by atoms with Crippen molar-refractivity contribution in [3.8, 4) is 6.07 Å². The summed E-state index contributed by atoms with van der Waals surface area (Å²) >= 11 is 0. The highest BCUT2D eigenvalue weighted by Gasteiger charge is 2.20. The summed E-state index contributed by atoms with van der Waals surface area (Å²) in [6, 6.07) is 15.7. The van der Waals surface area contributed by atoms with Crippen LogP contribution in [0.15, 0.2) is 59.5 Å². The molecule has 30 heavy (non-hydrogen) atoms. The van der Waals surface area contributed by atoms with Crippen molar-refractivity contribution in [3.63, 3.8) is 0 Å². The average molecular weight is 429 g/mol. The number of esters is 1. The van der Waals surface area contributed by atoms with Crippen LogP contribution in [0.25, 0.3) is 0 Å². The fourth-order valence-corrected chi connectivity index (χ4v) is 3.71. The lowest BCUT2D eigenvalue weighted by molar-refractivity contribution is -0.143. The van der Waals surface area contributed by atoms with Gasteiger partial charge in [0.2, 0.25) is 10.0 Å². The number of nitrogens with one attached hydrogen (secondary N) is 2. The monoisotopic (exact) mass is 429 g/mol. The third-order valence-electron chi connectivity index (χ3n) is 4.14. The van der Waals surface area contributed by atoms with Crippen molar-refractivity contribution in [2.45, 2.75) is 30.7 Å². The molecular formula is C21H23N3O5S. The molecule has 9 heteroatoms. The van der Waals surface area contributed by atoms with Gasteiger partial charge in [0, 0.05) is 18.5 Å². The van der Waals surface area contributed by atoms with Gasteiger partial charge < -0.3 is 10.1 Å². The summed E-state index contributed by atoms with van der Waals surface area (Å²) in [7, 11) is -3.76. The summed E-state index contributed by atoms with van der Waals surface area (Å²) in [6.07, 6.45) is 0.0277. The number of hydrogen-bond acceptors (Lipinski definition) is 6. The van der Waals surface area contributed by atoms with Crippen LogP contribution in [-0.2, 0) is 19.6 Å². The standard InChI is InChI=1S/C21H23N3O5S/c1-2-29-20(25)15-19(16-7-4-3-5-8-16)24-21(26)17-9-11-18(12-10-17)30(27,28)23-14-6-13-22/h3-5,7-12,19,23H,2,6,14-15H2,1H3,(H,24,26). The second-order valence-corrected chi connectivity index (χ2v) is 8.04. The molecule has 0 bridgehead atoms. The molecule has 0 radical (unpaired) electrons. The van der Waals surface area contributed by atoms with E-state index in [1.807, 2.05) is 12.1 Å². The molecule has 2 N–H and O–H groups in total. The average Bonchev–Trinajstić information content (AvgIpc) is 2.74. The number of carbonyl (C=O) groups excluding carboxylic acids is 2. The van der Waals surface area contributed by atoms with Crippen molar-refractivity contribution in [1.29, 1.82) is 5.26 Å². The lowest BCUT2D eigenvalue weighted by atomic mass is 10.0. The van der Waals surface area contributed by atoms with Gasteiger partial charge in [-0.3, -0.25) is 9.59 Å². The maximum absolute atomic E-state index is 12.7. The Balaban J connectivity index is 2.13. The molecule has 0 heterocycles. The first kappa shape index (κ1) is 23.1. The Morgan fingerprint density at radius 2 is 1.77 bits per heavy atom. The first-order valence-corrected chi connectivity index (χ1v) is 10.8. The van der Waals surface area contributed by atoms with Crippen molar-refractivity contribution >= 4 is 21.9 Å². The quantitative estimate of drug-likeness (QED) is 0.441. The van der Waals surface area contributed by atoms with Gasteiger partial charge in [-0.1, -0.05) is 30.3 Å². The van der Waals surface area contributed by atoms with Crippen molar-refractivity contribution < 1.29 is 22.7 Å². The first-order chi connectivity index (χ1) is 14.4. The Labute approximate surface area is 175 Å². The molecule has 2 aromatic rings. The maximum atomic E-state index is 12.7. The Morgan fingerprint density at radius 1 is 1.10 bits per heavy atom. The topological polar surface area (TPSA) is 125 Å². The van der Waals surface area contributed by atoms with E-state index in [0.29, 0.717) is 0 Å². The Morgan fingerprint density at radius 3 is 2.37 bits per heavy atom. The molecule has 0 aliphatic heterocycles. The third kappa shape index (κ3) is 6.69. The van der Waals surface area contributed by atoms with Gasteiger partial charge in [0.25, 0.3) is 5.91 Å². The number of carbonyl (C=O) groups is 2. The van der Waals surface area contributed by atoms with Crippen LogP contribution < -0.4 is 10.0 Å². The van der Waals surface area contributed by atoms with E-state index < -0.39 is 27.9 Å². The molecule has 1 atom stereocenters. The second kappa shape index (κ2) is 11.1. The Hall–Kier alpha value is -3.22. The summed E-state index contributed by atoms with van der Waals surface area (Å²) in [5, 5.41) is 11.3. The SMILES string of the molecule is CCOC(=O)CC(NC(=O)c1ccc(S(=O)(=O)NCCC#N)cc1)c1ccccc1. The summed E-state index contributed by atoms with van der Waals surface area (Å²) in [5.74, 6) is -0.883. The van der Waals surface area contributed by atoms with E-state index in [9.17, 15) is 18.0 Å². The van der Waals surface area contributed by atoms with Gasteiger partial charge in [-0.2, -0.15) is 5.26 Å². The molecule has 1 amide bonds. The third-order valence-corrected chi connectivity index (χ3v) is 5.62. The predicted molar refractivity (Wildman–Crippen MR) is 110 cm³/mol. The fourth-order valence-electron chi connectivity index (χ4n) is 2.68. The molecule has 2 rings (SSSR count). The number of sulfonamides is 1. The number of rotatable bonds is 10. The van der Waals surface area contributed by atoms with E-state index in [-0.39, 0.29) is 36.5 Å². The molecule has 0 spiro atoms. The second-order valence-electron chi connectivity index (χ2n) is 6.28. The van der Waals surface area contributed by atoms with Crippen LogP contribution in [0.1, 0.15) is 41.7 Å². The van der Waals surface area contributed by atoms with Crippen LogP contribution >= 0.6 is 0 Å². The molecule has 0 saturated heterocycles. The minimum Gasteiger partial charge on any atom is -0.466 e. The van der Waals surface area contributed by atoms with Crippen LogP contribution in [0.3, 0.4) is 0 Å². The molecule has 0 fully saturated rings. The van der Waals surface area contributed by atoms with Gasteiger partial charge in [0.05, 0.1) is 30.0 Å². The normalized spacial score (nSPS) is 11.9. The van der Waals surface area contributed by atoms with E-state index in [2.05, 4.69) is 10.0 Å². The smallest absolute Gasteiger partial charge is 0.308 e. The zero-order chi connectivity index (χ0) is 22.0. The number of amides is 1. The molecule has 0 aliphatic rings. The fraction of sp³-hybridized carbons (Fsp3) is 0.286. The van der Waals surface area contributed by atoms with Crippen molar-refractivity contribution in [1.82, 2.24) is 10.0 Å². The molecular weight excluding hydrogens is 406 g/mol. The lowest BCUT2D eigenvalue weighted by Crippen LogP contribution is -2.30. The minimum absolute atomic E-state index is 0.00763. The van der Waals surface area contributed by atoms with Gasteiger partial charge in [-0.25, -0.2) is 13.1 Å². The summed E-state index contributed by atoms with van der Waals surface area (Å²) in [6.45, 7) is 1.96. The zero-order valence-electron chi connectivity index (χ0n) is 16.5. The summed E-state index contributed by atoms with van der Waals surface area (Å²) in [5.41, 5.74) is 0.996. The molecule has 8 nitrogen and oxygen atoms in total. The van der Waals surface area contributed by atoms with Gasteiger partial charge >= 0.3 is 5.97 Å². The largest absolute Gasteiger partial charge is 0.466 e. The molecule has 0 saturated carbocycles. The highest BCUT2D eigenvalue weighted by atomic mass is 32.2. The number of hydrogen-bond donors (Lipinski definition) is 2. The van der Waals surface area contributed by atoms with E-state index in [1.54, 1.807) is 31.2 Å². The van der Waals surface area contributed by atoms with Crippen LogP contribution in [0.4, 0.5) is 0 Å². The maximum Gasteiger partial charge on any atom is 0.308 e. The van der Waals surface area contributed by atoms with E-state index in [0.717, 1.165) is 5.56 Å². The predicted octanol–water partition coefficient (Wildman–Crippen LogP) is 2.30. The molecule has 1 unspecified atom stereocenters. The Bertz CT molecular complexity index is 999. The van der Waals surface area contributed by atoms with E-state index in [1.165, 1.54) is 24.3 Å². The van der Waals surface area contributed by atoms with Crippen molar-refractivity contribution in [3.05, 3.63) is 65.7 Å². The zero-order valence-corrected chi connectivity index (χ0v) is 17.3. The number of ether oxygens (including phenoxy) is 1. The lowest BCUT2D eigenvalue weighted by Gasteiger charge is -2.18. The van der Waals surface area contributed by atoms with Crippen LogP contribution in [0, 0.1) is 11.3 Å². The van der Waals surface area contributed by atoms with Crippen LogP contribution in [-0.4, -0.2) is 33.4 Å². The highest BCUT2D eigenvalue weighted by Crippen LogP contribution is 2.19. The molecule has 2 aromatic carbocycles.